The Morgan fingerprint density at radius 3 is 2.48 bits per heavy atom. The van der Waals surface area contributed by atoms with Gasteiger partial charge in [-0.25, -0.2) is 0 Å². The molecule has 21 heavy (non-hydrogen) atoms. The number of alkyl halides is 3. The SMILES string of the molecule is C=CCn1ccn(-c2cccc(C(F)(F)F)c2)c(=O)c1=O. The zero-order valence-corrected chi connectivity index (χ0v) is 10.8. The molecule has 0 saturated carbocycles. The van der Waals surface area contributed by atoms with Crippen molar-refractivity contribution in [3.05, 3.63) is 75.6 Å². The van der Waals surface area contributed by atoms with Crippen LogP contribution in [0.15, 0.2) is 58.9 Å². The van der Waals surface area contributed by atoms with E-state index in [0.29, 0.717) is 0 Å². The van der Waals surface area contributed by atoms with Crippen LogP contribution in [0.4, 0.5) is 13.2 Å². The Kier molecular flexibility index (Phi) is 3.84. The Balaban J connectivity index is 2.58. The Bertz CT molecular complexity index is 788. The van der Waals surface area contributed by atoms with Gasteiger partial charge >= 0.3 is 17.3 Å². The fourth-order valence-electron chi connectivity index (χ4n) is 1.83. The van der Waals surface area contributed by atoms with Crippen molar-refractivity contribution in [2.45, 2.75) is 12.7 Å². The fraction of sp³-hybridized carbons (Fsp3) is 0.143. The van der Waals surface area contributed by atoms with E-state index in [1.54, 1.807) is 0 Å². The van der Waals surface area contributed by atoms with Crippen molar-refractivity contribution in [2.24, 2.45) is 0 Å². The van der Waals surface area contributed by atoms with Crippen molar-refractivity contribution in [1.82, 2.24) is 9.13 Å². The van der Waals surface area contributed by atoms with Crippen LogP contribution in [-0.2, 0) is 12.7 Å². The Morgan fingerprint density at radius 1 is 1.14 bits per heavy atom. The van der Waals surface area contributed by atoms with Gasteiger partial charge in [0.15, 0.2) is 0 Å². The second-order valence-corrected chi connectivity index (χ2v) is 4.27. The van der Waals surface area contributed by atoms with E-state index in [9.17, 15) is 22.8 Å². The van der Waals surface area contributed by atoms with Gasteiger partial charge < -0.3 is 4.57 Å². The minimum atomic E-state index is -4.52. The second-order valence-electron chi connectivity index (χ2n) is 4.27. The highest BCUT2D eigenvalue weighted by molar-refractivity contribution is 5.37. The first-order valence-electron chi connectivity index (χ1n) is 5.95. The number of benzene rings is 1. The van der Waals surface area contributed by atoms with E-state index in [4.69, 9.17) is 0 Å². The zero-order chi connectivity index (χ0) is 15.6. The summed E-state index contributed by atoms with van der Waals surface area (Å²) >= 11 is 0. The Labute approximate surface area is 117 Å². The molecule has 0 bridgehead atoms. The van der Waals surface area contributed by atoms with Crippen LogP contribution in [0.2, 0.25) is 0 Å². The third-order valence-corrected chi connectivity index (χ3v) is 2.84. The Hall–Kier alpha value is -2.57. The zero-order valence-electron chi connectivity index (χ0n) is 10.8. The fourth-order valence-corrected chi connectivity index (χ4v) is 1.83. The first-order valence-corrected chi connectivity index (χ1v) is 5.95. The van der Waals surface area contributed by atoms with Gasteiger partial charge in [0.2, 0.25) is 0 Å². The molecule has 0 aliphatic rings. The maximum absolute atomic E-state index is 12.7. The largest absolute Gasteiger partial charge is 0.416 e. The standard InChI is InChI=1S/C14H11F3N2O2/c1-2-6-18-7-8-19(13(21)12(18)20)11-5-3-4-10(9-11)14(15,16)17/h2-5,7-9H,1,6H2. The number of aromatic nitrogens is 2. The van der Waals surface area contributed by atoms with Crippen LogP contribution >= 0.6 is 0 Å². The lowest BCUT2D eigenvalue weighted by atomic mass is 10.2. The molecular formula is C14H11F3N2O2. The average molecular weight is 296 g/mol. The topological polar surface area (TPSA) is 44.0 Å². The summed E-state index contributed by atoms with van der Waals surface area (Å²) < 4.78 is 40.0. The highest BCUT2D eigenvalue weighted by atomic mass is 19.4. The van der Waals surface area contributed by atoms with Gasteiger partial charge in [0.05, 0.1) is 5.56 Å². The molecular weight excluding hydrogens is 285 g/mol. The van der Waals surface area contributed by atoms with E-state index in [0.717, 1.165) is 21.3 Å². The van der Waals surface area contributed by atoms with Crippen LogP contribution in [-0.4, -0.2) is 9.13 Å². The molecule has 2 rings (SSSR count). The third kappa shape index (κ3) is 2.96. The number of rotatable bonds is 3. The predicted octanol–water partition coefficient (Wildman–Crippen LogP) is 2.20. The summed E-state index contributed by atoms with van der Waals surface area (Å²) in [6.45, 7) is 3.60. The maximum Gasteiger partial charge on any atom is 0.416 e. The molecule has 110 valence electrons. The molecule has 1 aromatic carbocycles. The summed E-state index contributed by atoms with van der Waals surface area (Å²) in [5.74, 6) is 0. The van der Waals surface area contributed by atoms with Crippen molar-refractivity contribution in [2.75, 3.05) is 0 Å². The van der Waals surface area contributed by atoms with Crippen LogP contribution in [0.1, 0.15) is 5.56 Å². The summed E-state index contributed by atoms with van der Waals surface area (Å²) in [6, 6.07) is 4.22. The van der Waals surface area contributed by atoms with Crippen molar-refractivity contribution >= 4 is 0 Å². The summed E-state index contributed by atoms with van der Waals surface area (Å²) in [5, 5.41) is 0. The predicted molar refractivity (Wildman–Crippen MR) is 71.5 cm³/mol. The number of allylic oxidation sites excluding steroid dienone is 1. The molecule has 0 fully saturated rings. The van der Waals surface area contributed by atoms with E-state index < -0.39 is 22.9 Å². The van der Waals surface area contributed by atoms with Crippen LogP contribution in [0.3, 0.4) is 0 Å². The molecule has 1 heterocycles. The normalized spacial score (nSPS) is 11.4. The number of hydrogen-bond acceptors (Lipinski definition) is 2. The van der Waals surface area contributed by atoms with Gasteiger partial charge in [0.25, 0.3) is 0 Å². The Morgan fingerprint density at radius 2 is 1.86 bits per heavy atom. The molecule has 0 aliphatic heterocycles. The molecule has 7 heteroatoms. The van der Waals surface area contributed by atoms with Crippen LogP contribution in [0.25, 0.3) is 5.69 Å². The average Bonchev–Trinajstić information content (AvgIpc) is 2.43. The van der Waals surface area contributed by atoms with Gasteiger partial charge in [-0.3, -0.25) is 14.2 Å². The quantitative estimate of drug-likeness (QED) is 0.644. The minimum absolute atomic E-state index is 0.0160. The lowest BCUT2D eigenvalue weighted by molar-refractivity contribution is -0.137. The lowest BCUT2D eigenvalue weighted by Crippen LogP contribution is -2.39. The number of hydrogen-bond donors (Lipinski definition) is 0. The highest BCUT2D eigenvalue weighted by Gasteiger charge is 2.30. The highest BCUT2D eigenvalue weighted by Crippen LogP contribution is 2.29. The summed E-state index contributed by atoms with van der Waals surface area (Å²) in [4.78, 5) is 23.7. The van der Waals surface area contributed by atoms with E-state index in [1.807, 2.05) is 0 Å². The molecule has 0 saturated heterocycles. The van der Waals surface area contributed by atoms with Crippen LogP contribution in [0.5, 0.6) is 0 Å². The van der Waals surface area contributed by atoms with Gasteiger partial charge in [-0.2, -0.15) is 13.2 Å². The molecule has 0 unspecified atom stereocenters. The van der Waals surface area contributed by atoms with Gasteiger partial charge in [0.1, 0.15) is 0 Å². The van der Waals surface area contributed by atoms with Crippen LogP contribution in [0, 0.1) is 0 Å². The molecule has 0 amide bonds. The third-order valence-electron chi connectivity index (χ3n) is 2.84. The monoisotopic (exact) mass is 296 g/mol. The van der Waals surface area contributed by atoms with Crippen molar-refractivity contribution in [3.8, 4) is 5.69 Å². The van der Waals surface area contributed by atoms with E-state index in [1.165, 1.54) is 30.6 Å². The summed E-state index contributed by atoms with van der Waals surface area (Å²) in [7, 11) is 0. The van der Waals surface area contributed by atoms with Crippen molar-refractivity contribution in [3.63, 3.8) is 0 Å². The second kappa shape index (κ2) is 5.43. The molecule has 0 N–H and O–H groups in total. The molecule has 1 aromatic heterocycles. The molecule has 0 atom stereocenters. The minimum Gasteiger partial charge on any atom is -0.306 e. The van der Waals surface area contributed by atoms with Crippen molar-refractivity contribution < 1.29 is 13.2 Å². The van der Waals surface area contributed by atoms with Gasteiger partial charge in [0, 0.05) is 24.6 Å². The van der Waals surface area contributed by atoms with E-state index in [-0.39, 0.29) is 12.2 Å². The number of halogens is 3. The molecule has 0 radical (unpaired) electrons. The number of nitrogens with zero attached hydrogens (tertiary/aromatic N) is 2. The van der Waals surface area contributed by atoms with Crippen molar-refractivity contribution in [1.29, 1.82) is 0 Å². The maximum atomic E-state index is 12.7. The van der Waals surface area contributed by atoms with Gasteiger partial charge in [-0.05, 0) is 18.2 Å². The smallest absolute Gasteiger partial charge is 0.306 e. The first kappa shape index (κ1) is 14.8. The van der Waals surface area contributed by atoms with E-state index in [2.05, 4.69) is 6.58 Å². The summed E-state index contributed by atoms with van der Waals surface area (Å²) in [5.41, 5.74) is -2.65. The van der Waals surface area contributed by atoms with E-state index >= 15 is 0 Å². The first-order chi connectivity index (χ1) is 9.84. The molecule has 0 spiro atoms. The molecule has 4 nitrogen and oxygen atoms in total. The van der Waals surface area contributed by atoms with Gasteiger partial charge in [-0.1, -0.05) is 12.1 Å². The lowest BCUT2D eigenvalue weighted by Gasteiger charge is -2.11. The van der Waals surface area contributed by atoms with Gasteiger partial charge in [-0.15, -0.1) is 6.58 Å². The molecule has 2 aromatic rings. The van der Waals surface area contributed by atoms with Crippen LogP contribution < -0.4 is 11.1 Å². The molecule has 0 aliphatic carbocycles. The summed E-state index contributed by atoms with van der Waals surface area (Å²) in [6.07, 6.45) is -0.499.